The Morgan fingerprint density at radius 1 is 1.28 bits per heavy atom. The number of nitrogens with zero attached hydrogens (tertiary/aromatic N) is 1. The van der Waals surface area contributed by atoms with Crippen molar-refractivity contribution in [3.05, 3.63) is 35.9 Å². The maximum absolute atomic E-state index is 3.53. The Bertz CT molecular complexity index is 323. The van der Waals surface area contributed by atoms with E-state index in [9.17, 15) is 0 Å². The molecule has 1 aliphatic rings. The van der Waals surface area contributed by atoms with Gasteiger partial charge in [0.2, 0.25) is 0 Å². The summed E-state index contributed by atoms with van der Waals surface area (Å²) in [6, 6.07) is 10.6. The smallest absolute Gasteiger partial charge is 0.0206 e. The normalized spacial score (nSPS) is 20.4. The average Bonchev–Trinajstić information content (AvgIpc) is 2.84. The third-order valence-electron chi connectivity index (χ3n) is 3.84. The van der Waals surface area contributed by atoms with Crippen LogP contribution in [0, 0.1) is 5.92 Å². The van der Waals surface area contributed by atoms with E-state index in [0.717, 1.165) is 19.0 Å². The van der Waals surface area contributed by atoms with Crippen molar-refractivity contribution in [2.45, 2.75) is 32.7 Å². The maximum Gasteiger partial charge on any atom is 0.0206 e. The van der Waals surface area contributed by atoms with Crippen LogP contribution in [0.1, 0.15) is 31.7 Å². The second kappa shape index (κ2) is 7.55. The van der Waals surface area contributed by atoms with Gasteiger partial charge in [0.05, 0.1) is 0 Å². The summed E-state index contributed by atoms with van der Waals surface area (Å²) in [5, 5.41) is 3.53. The van der Waals surface area contributed by atoms with Gasteiger partial charge in [-0.25, -0.2) is 0 Å². The molecule has 1 N–H and O–H groups in total. The molecule has 18 heavy (non-hydrogen) atoms. The molecule has 1 aliphatic heterocycles. The molecule has 1 saturated heterocycles. The highest BCUT2D eigenvalue weighted by atomic mass is 15.2. The topological polar surface area (TPSA) is 15.3 Å². The molecule has 0 aromatic heterocycles. The van der Waals surface area contributed by atoms with Crippen molar-refractivity contribution < 1.29 is 0 Å². The molecule has 1 fully saturated rings. The lowest BCUT2D eigenvalue weighted by Gasteiger charge is -2.16. The van der Waals surface area contributed by atoms with Crippen LogP contribution in [0.2, 0.25) is 0 Å². The van der Waals surface area contributed by atoms with Gasteiger partial charge in [-0.05, 0) is 30.9 Å². The first-order valence-electron chi connectivity index (χ1n) is 7.35. The van der Waals surface area contributed by atoms with Crippen LogP contribution in [0.5, 0.6) is 0 Å². The van der Waals surface area contributed by atoms with Crippen molar-refractivity contribution in [3.63, 3.8) is 0 Å². The molecule has 0 spiro atoms. The summed E-state index contributed by atoms with van der Waals surface area (Å²) in [5.41, 5.74) is 1.38. The summed E-state index contributed by atoms with van der Waals surface area (Å²) in [6.07, 6.45) is 4.16. The highest BCUT2D eigenvalue weighted by Crippen LogP contribution is 2.19. The molecule has 1 heterocycles. The van der Waals surface area contributed by atoms with Crippen LogP contribution >= 0.6 is 0 Å². The van der Waals surface area contributed by atoms with Crippen LogP contribution in [-0.4, -0.2) is 31.1 Å². The molecule has 2 rings (SSSR count). The molecule has 0 aliphatic carbocycles. The van der Waals surface area contributed by atoms with Crippen molar-refractivity contribution in [1.29, 1.82) is 0 Å². The summed E-state index contributed by atoms with van der Waals surface area (Å²) in [7, 11) is 0. The number of hydrogen-bond donors (Lipinski definition) is 1. The molecule has 2 heteroatoms. The Morgan fingerprint density at radius 3 is 2.89 bits per heavy atom. The first kappa shape index (κ1) is 13.6. The number of benzene rings is 1. The Balaban J connectivity index is 1.56. The van der Waals surface area contributed by atoms with Gasteiger partial charge in [0.25, 0.3) is 0 Å². The monoisotopic (exact) mass is 246 g/mol. The molecule has 1 atom stereocenters. The molecular formula is C16H26N2. The average molecular weight is 246 g/mol. The van der Waals surface area contributed by atoms with Crippen LogP contribution in [0.25, 0.3) is 0 Å². The molecule has 2 nitrogen and oxygen atoms in total. The number of rotatable bonds is 7. The highest BCUT2D eigenvalue weighted by molar-refractivity contribution is 5.14. The summed E-state index contributed by atoms with van der Waals surface area (Å²) in [4.78, 5) is 2.61. The Kier molecular flexibility index (Phi) is 5.69. The molecule has 1 unspecified atom stereocenters. The highest BCUT2D eigenvalue weighted by Gasteiger charge is 2.20. The minimum absolute atomic E-state index is 0.962. The van der Waals surface area contributed by atoms with Gasteiger partial charge in [0, 0.05) is 26.2 Å². The molecule has 0 bridgehead atoms. The molecule has 0 amide bonds. The fourth-order valence-corrected chi connectivity index (χ4v) is 2.83. The minimum atomic E-state index is 0.962. The summed E-state index contributed by atoms with van der Waals surface area (Å²) >= 11 is 0. The largest absolute Gasteiger partial charge is 0.311 e. The Labute approximate surface area is 111 Å². The maximum atomic E-state index is 3.53. The SMILES string of the molecule is CCCC1CCN(CCNCc2ccccc2)C1. The van der Waals surface area contributed by atoms with E-state index in [1.54, 1.807) is 0 Å². The van der Waals surface area contributed by atoms with E-state index in [0.29, 0.717) is 0 Å². The fraction of sp³-hybridized carbons (Fsp3) is 0.625. The third-order valence-corrected chi connectivity index (χ3v) is 3.84. The van der Waals surface area contributed by atoms with Crippen molar-refractivity contribution in [2.24, 2.45) is 5.92 Å². The van der Waals surface area contributed by atoms with Crippen LogP contribution < -0.4 is 5.32 Å². The molecule has 0 saturated carbocycles. The van der Waals surface area contributed by atoms with Gasteiger partial charge in [-0.3, -0.25) is 0 Å². The summed E-state index contributed by atoms with van der Waals surface area (Å²) in [5.74, 6) is 0.962. The van der Waals surface area contributed by atoms with Crippen molar-refractivity contribution >= 4 is 0 Å². The third kappa shape index (κ3) is 4.43. The van der Waals surface area contributed by atoms with Crippen LogP contribution in [0.4, 0.5) is 0 Å². The van der Waals surface area contributed by atoms with Gasteiger partial charge in [-0.15, -0.1) is 0 Å². The van der Waals surface area contributed by atoms with Crippen molar-refractivity contribution in [2.75, 3.05) is 26.2 Å². The minimum Gasteiger partial charge on any atom is -0.311 e. The summed E-state index contributed by atoms with van der Waals surface area (Å²) in [6.45, 7) is 8.22. The molecule has 1 aromatic rings. The van der Waals surface area contributed by atoms with Crippen LogP contribution in [0.15, 0.2) is 30.3 Å². The van der Waals surface area contributed by atoms with Crippen LogP contribution in [-0.2, 0) is 6.54 Å². The lowest BCUT2D eigenvalue weighted by molar-refractivity contribution is 0.318. The van der Waals surface area contributed by atoms with Gasteiger partial charge < -0.3 is 10.2 Å². The molecule has 1 aromatic carbocycles. The van der Waals surface area contributed by atoms with Gasteiger partial charge in [-0.2, -0.15) is 0 Å². The zero-order valence-electron chi connectivity index (χ0n) is 11.6. The summed E-state index contributed by atoms with van der Waals surface area (Å²) < 4.78 is 0. The first-order chi connectivity index (χ1) is 8.88. The fourth-order valence-electron chi connectivity index (χ4n) is 2.83. The first-order valence-corrected chi connectivity index (χ1v) is 7.35. The second-order valence-electron chi connectivity index (χ2n) is 5.41. The zero-order chi connectivity index (χ0) is 12.6. The van der Waals surface area contributed by atoms with Gasteiger partial charge in [-0.1, -0.05) is 43.7 Å². The van der Waals surface area contributed by atoms with Gasteiger partial charge >= 0.3 is 0 Å². The molecule has 100 valence electrons. The number of likely N-dealkylation sites (tertiary alicyclic amines) is 1. The van der Waals surface area contributed by atoms with Crippen molar-refractivity contribution in [3.8, 4) is 0 Å². The second-order valence-corrected chi connectivity index (χ2v) is 5.41. The van der Waals surface area contributed by atoms with Gasteiger partial charge in [0.1, 0.15) is 0 Å². The van der Waals surface area contributed by atoms with Crippen molar-refractivity contribution in [1.82, 2.24) is 10.2 Å². The van der Waals surface area contributed by atoms with E-state index in [-0.39, 0.29) is 0 Å². The number of nitrogens with one attached hydrogen (secondary N) is 1. The van der Waals surface area contributed by atoms with E-state index in [1.807, 2.05) is 0 Å². The lowest BCUT2D eigenvalue weighted by atomic mass is 10.0. The Morgan fingerprint density at radius 2 is 2.11 bits per heavy atom. The molecular weight excluding hydrogens is 220 g/mol. The predicted octanol–water partition coefficient (Wildman–Crippen LogP) is 2.90. The number of hydrogen-bond acceptors (Lipinski definition) is 2. The lowest BCUT2D eigenvalue weighted by Crippen LogP contribution is -2.30. The van der Waals surface area contributed by atoms with E-state index in [1.165, 1.54) is 44.5 Å². The van der Waals surface area contributed by atoms with E-state index >= 15 is 0 Å². The van der Waals surface area contributed by atoms with E-state index in [4.69, 9.17) is 0 Å². The van der Waals surface area contributed by atoms with E-state index < -0.39 is 0 Å². The van der Waals surface area contributed by atoms with E-state index in [2.05, 4.69) is 47.5 Å². The molecule has 0 radical (unpaired) electrons. The van der Waals surface area contributed by atoms with Gasteiger partial charge in [0.15, 0.2) is 0 Å². The predicted molar refractivity (Wildman–Crippen MR) is 77.6 cm³/mol. The zero-order valence-corrected chi connectivity index (χ0v) is 11.6. The standard InChI is InChI=1S/C16H26N2/c1-2-6-16-9-11-18(14-16)12-10-17-13-15-7-4-3-5-8-15/h3-5,7-8,16-17H,2,6,9-14H2,1H3. The Hall–Kier alpha value is -0.860. The quantitative estimate of drug-likeness (QED) is 0.744. The van der Waals surface area contributed by atoms with Crippen LogP contribution in [0.3, 0.4) is 0 Å².